The molecule has 30 heavy (non-hydrogen) atoms. The maximum absolute atomic E-state index is 12.9. The molecule has 17 nitrogen and oxygen atoms in total. The maximum atomic E-state index is 12.9. The highest BCUT2D eigenvalue weighted by Crippen LogP contribution is 2.66. The van der Waals surface area contributed by atoms with Gasteiger partial charge < -0.3 is 35.2 Å². The fourth-order valence-electron chi connectivity index (χ4n) is 2.27. The molecule has 6 atom stereocenters. The topological polar surface area (TPSA) is 259 Å². The third-order valence-electron chi connectivity index (χ3n) is 3.36. The Labute approximate surface area is 165 Å². The number of aliphatic hydroxyl groups excluding tert-OH is 1. The van der Waals surface area contributed by atoms with E-state index in [1.165, 1.54) is 0 Å². The van der Waals surface area contributed by atoms with Crippen LogP contribution >= 0.6 is 23.5 Å². The molecule has 0 bridgehead atoms. The summed E-state index contributed by atoms with van der Waals surface area (Å²) in [6.45, 7) is -1.10. The lowest BCUT2D eigenvalue weighted by Crippen LogP contribution is -2.37. The number of nitrogen functional groups attached to an aromatic ring is 1. The lowest BCUT2D eigenvalue weighted by molar-refractivity contribution is -0.221. The first-order valence-corrected chi connectivity index (χ1v) is 11.9. The van der Waals surface area contributed by atoms with Gasteiger partial charge >= 0.3 is 29.2 Å². The molecule has 1 saturated heterocycles. The van der Waals surface area contributed by atoms with Crippen molar-refractivity contribution in [3.05, 3.63) is 22.7 Å². The Morgan fingerprint density at radius 1 is 1.20 bits per heavy atom. The van der Waals surface area contributed by atoms with Gasteiger partial charge in [0, 0.05) is 6.20 Å². The Kier molecular flexibility index (Phi) is 7.70. The van der Waals surface area contributed by atoms with Crippen LogP contribution in [-0.2, 0) is 36.5 Å². The number of hydrogen-bond acceptors (Lipinski definition) is 12. The van der Waals surface area contributed by atoms with Crippen molar-refractivity contribution in [3.8, 4) is 0 Å². The fraction of sp³-hybridized carbons (Fsp3) is 0.556. The molecule has 4 unspecified atom stereocenters. The number of phosphoric ester groups is 1. The molecule has 0 radical (unpaired) electrons. The Balaban J connectivity index is 2.09. The fourth-order valence-corrected chi connectivity index (χ4v) is 5.30. The molecule has 2 rings (SSSR count). The first-order chi connectivity index (χ1) is 13.6. The molecule has 0 amide bonds. The summed E-state index contributed by atoms with van der Waals surface area (Å²) in [6, 6.07) is 1.14. The Morgan fingerprint density at radius 2 is 1.83 bits per heavy atom. The second-order valence-corrected chi connectivity index (χ2v) is 9.96. The van der Waals surface area contributed by atoms with Gasteiger partial charge in [-0.2, -0.15) is 18.5 Å². The van der Waals surface area contributed by atoms with E-state index in [-0.39, 0.29) is 5.82 Å². The van der Waals surface area contributed by atoms with Gasteiger partial charge in [-0.25, -0.2) is 18.5 Å². The number of rotatable bonds is 9. The lowest BCUT2D eigenvalue weighted by atomic mass is 10.1. The molecule has 1 fully saturated rings. The summed E-state index contributed by atoms with van der Waals surface area (Å²) in [7, 11) is -16.9. The summed E-state index contributed by atoms with van der Waals surface area (Å²) in [6.07, 6.45) is -5.96. The van der Waals surface area contributed by atoms with Gasteiger partial charge in [-0.3, -0.25) is 9.09 Å². The molecule has 1 aromatic heterocycles. The monoisotopic (exact) mass is 501 g/mol. The van der Waals surface area contributed by atoms with Crippen molar-refractivity contribution in [2.24, 2.45) is 0 Å². The van der Waals surface area contributed by atoms with Gasteiger partial charge in [0.15, 0.2) is 12.3 Å². The molecule has 0 saturated carbocycles. The van der Waals surface area contributed by atoms with Crippen molar-refractivity contribution >= 4 is 29.3 Å². The average molecular weight is 501 g/mol. The zero-order valence-electron chi connectivity index (χ0n) is 14.3. The van der Waals surface area contributed by atoms with Gasteiger partial charge in [0.2, 0.25) is 0 Å². The minimum Gasteiger partial charge on any atom is -0.387 e. The molecule has 1 aromatic rings. The van der Waals surface area contributed by atoms with Crippen LogP contribution in [-0.4, -0.2) is 59.2 Å². The number of anilines is 1. The third-order valence-corrected chi connectivity index (χ3v) is 7.16. The van der Waals surface area contributed by atoms with Crippen LogP contribution in [0, 0.1) is 0 Å². The van der Waals surface area contributed by atoms with E-state index >= 15 is 0 Å². The van der Waals surface area contributed by atoms with E-state index in [0.717, 1.165) is 12.3 Å². The normalized spacial score (nSPS) is 28.7. The highest BCUT2D eigenvalue weighted by molar-refractivity contribution is 7.66. The van der Waals surface area contributed by atoms with E-state index in [0.29, 0.717) is 4.57 Å². The summed E-state index contributed by atoms with van der Waals surface area (Å²) < 4.78 is 63.6. The highest BCUT2D eigenvalue weighted by Gasteiger charge is 2.49. The standard InChI is InChI=1S/C9H15FN3O14P3/c10-25-7-6(14)4(24-8(7)13-2-1-5(11)12-9(13)15)3-23-29(19,20)27-30(21,22)26-28(16,17)18/h1-2,4,6-8,14H,3H2,(H,19,20)(H,21,22)(H2,11,12,15)(H2,16,17,18)/t4-,6?,7?,8-/m1/s1. The van der Waals surface area contributed by atoms with Crippen LogP contribution in [0.3, 0.4) is 0 Å². The summed E-state index contributed by atoms with van der Waals surface area (Å²) in [4.78, 5) is 54.1. The van der Waals surface area contributed by atoms with Crippen LogP contribution in [0.15, 0.2) is 17.1 Å². The first-order valence-electron chi connectivity index (χ1n) is 7.38. The number of aliphatic hydroxyl groups is 1. The van der Waals surface area contributed by atoms with E-state index < -0.39 is 60.3 Å². The second-order valence-electron chi connectivity index (χ2n) is 5.54. The summed E-state index contributed by atoms with van der Waals surface area (Å²) in [5, 5.41) is 10.0. The number of aromatic nitrogens is 2. The Bertz CT molecular complexity index is 967. The molecular formula is C9H15FN3O14P3. The molecular weight excluding hydrogens is 486 g/mol. The molecule has 172 valence electrons. The van der Waals surface area contributed by atoms with E-state index in [9.17, 15) is 33.0 Å². The van der Waals surface area contributed by atoms with Gasteiger partial charge in [0.1, 0.15) is 18.0 Å². The summed E-state index contributed by atoms with van der Waals surface area (Å²) in [5.74, 6) is -0.170. The van der Waals surface area contributed by atoms with Crippen molar-refractivity contribution in [3.63, 3.8) is 0 Å². The van der Waals surface area contributed by atoms with E-state index in [2.05, 4.69) is 23.1 Å². The first kappa shape index (κ1) is 25.2. The molecule has 1 aliphatic rings. The number of nitrogens with zero attached hydrogens (tertiary/aromatic N) is 2. The number of phosphoric acid groups is 3. The molecule has 0 aromatic carbocycles. The van der Waals surface area contributed by atoms with E-state index in [1.54, 1.807) is 0 Å². The van der Waals surface area contributed by atoms with Gasteiger partial charge in [0.25, 0.3) is 0 Å². The van der Waals surface area contributed by atoms with Gasteiger partial charge in [-0.1, -0.05) is 0 Å². The predicted octanol–water partition coefficient (Wildman–Crippen LogP) is -1.30. The SMILES string of the molecule is Nc1ccn([C@@H]2O[C@H](COP(=O)(O)OP(=O)(O)OP(=O)(O)O)C(O)C2OF)c(=O)n1. The van der Waals surface area contributed by atoms with Crippen molar-refractivity contribution in [1.82, 2.24) is 9.55 Å². The molecule has 2 heterocycles. The molecule has 0 spiro atoms. The summed E-state index contributed by atoms with van der Waals surface area (Å²) in [5.41, 5.74) is 4.31. The number of halogens is 1. The smallest absolute Gasteiger partial charge is 0.387 e. The van der Waals surface area contributed by atoms with Gasteiger partial charge in [0.05, 0.1) is 6.61 Å². The summed E-state index contributed by atoms with van der Waals surface area (Å²) >= 11 is 0. The third kappa shape index (κ3) is 6.70. The largest absolute Gasteiger partial charge is 0.490 e. The minimum atomic E-state index is -5.76. The van der Waals surface area contributed by atoms with E-state index in [4.69, 9.17) is 25.2 Å². The number of ether oxygens (including phenoxy) is 1. The highest BCUT2D eigenvalue weighted by atomic mass is 31.3. The van der Waals surface area contributed by atoms with Gasteiger partial charge in [-0.15, -0.1) is 0 Å². The zero-order chi connectivity index (χ0) is 22.9. The van der Waals surface area contributed by atoms with Crippen LogP contribution in [0.4, 0.5) is 10.3 Å². The molecule has 7 N–H and O–H groups in total. The molecule has 0 aliphatic carbocycles. The van der Waals surface area contributed by atoms with Crippen LogP contribution in [0.1, 0.15) is 6.23 Å². The van der Waals surface area contributed by atoms with Crippen molar-refractivity contribution in [2.75, 3.05) is 12.3 Å². The lowest BCUT2D eigenvalue weighted by Gasteiger charge is -2.19. The maximum Gasteiger partial charge on any atom is 0.490 e. The second kappa shape index (κ2) is 9.18. The average Bonchev–Trinajstić information content (AvgIpc) is 2.85. The van der Waals surface area contributed by atoms with Crippen LogP contribution in [0.2, 0.25) is 0 Å². The number of hydrogen-bond donors (Lipinski definition) is 6. The minimum absolute atomic E-state index is 0.170. The van der Waals surface area contributed by atoms with Crippen molar-refractivity contribution in [2.45, 2.75) is 24.5 Å². The molecule has 21 heteroatoms. The van der Waals surface area contributed by atoms with Crippen LogP contribution < -0.4 is 11.4 Å². The quantitative estimate of drug-likeness (QED) is 0.215. The number of nitrogens with two attached hydrogens (primary N) is 1. The van der Waals surface area contributed by atoms with Crippen molar-refractivity contribution < 1.29 is 65.7 Å². The van der Waals surface area contributed by atoms with Crippen LogP contribution in [0.5, 0.6) is 0 Å². The zero-order valence-corrected chi connectivity index (χ0v) is 17.0. The Hall–Kier alpha value is -1.10. The molecule has 1 aliphatic heterocycles. The van der Waals surface area contributed by atoms with Gasteiger partial charge in [-0.05, 0) is 10.6 Å². The Morgan fingerprint density at radius 3 is 2.37 bits per heavy atom. The predicted molar refractivity (Wildman–Crippen MR) is 88.6 cm³/mol. The van der Waals surface area contributed by atoms with E-state index in [1.807, 2.05) is 0 Å². The van der Waals surface area contributed by atoms with Crippen LogP contribution in [0.25, 0.3) is 0 Å². The van der Waals surface area contributed by atoms with Crippen molar-refractivity contribution in [1.29, 1.82) is 0 Å².